The van der Waals surface area contributed by atoms with Crippen LogP contribution in [-0.4, -0.2) is 24.7 Å². The molecule has 0 saturated carbocycles. The summed E-state index contributed by atoms with van der Waals surface area (Å²) < 4.78 is 16.5. The number of hydrogen-bond acceptors (Lipinski definition) is 5. The third-order valence-corrected chi connectivity index (χ3v) is 5.34. The lowest BCUT2D eigenvalue weighted by Crippen LogP contribution is -2.11. The predicted molar refractivity (Wildman–Crippen MR) is 108 cm³/mol. The van der Waals surface area contributed by atoms with Crippen molar-refractivity contribution in [3.05, 3.63) is 77.4 Å². The van der Waals surface area contributed by atoms with Gasteiger partial charge in [-0.25, -0.2) is 13.7 Å². The van der Waals surface area contributed by atoms with E-state index in [4.69, 9.17) is 5.84 Å². The van der Waals surface area contributed by atoms with Crippen LogP contribution in [0.4, 0.5) is 4.39 Å². The highest BCUT2D eigenvalue weighted by Crippen LogP contribution is 2.25. The first-order valence-electron chi connectivity index (χ1n) is 8.73. The number of benzene rings is 2. The van der Waals surface area contributed by atoms with Crippen LogP contribution in [0.3, 0.4) is 0 Å². The minimum atomic E-state index is -0.301. The molecule has 6 nitrogen and oxygen atoms in total. The smallest absolute Gasteiger partial charge is 0.210 e. The lowest BCUT2D eigenvalue weighted by Gasteiger charge is -2.07. The highest BCUT2D eigenvalue weighted by molar-refractivity contribution is 7.98. The molecule has 28 heavy (non-hydrogen) atoms. The van der Waals surface area contributed by atoms with Gasteiger partial charge < -0.3 is 5.84 Å². The number of hydrogen-bond donors (Lipinski definition) is 1. The maximum Gasteiger partial charge on any atom is 0.210 e. The van der Waals surface area contributed by atoms with Crippen molar-refractivity contribution in [3.8, 4) is 17.1 Å². The van der Waals surface area contributed by atoms with Gasteiger partial charge in [-0.1, -0.05) is 23.9 Å². The third-order valence-electron chi connectivity index (χ3n) is 4.33. The van der Waals surface area contributed by atoms with Gasteiger partial charge in [0.1, 0.15) is 5.82 Å². The summed E-state index contributed by atoms with van der Waals surface area (Å²) >= 11 is 1.50. The first-order chi connectivity index (χ1) is 13.5. The van der Waals surface area contributed by atoms with Gasteiger partial charge >= 0.3 is 0 Å². The SMILES string of the molecule is Cc1cc(C)n(-c2ccc(CSc3nnc(-c4ccc(F)cc4)n3N)cc2)n1. The standard InChI is InChI=1S/C20H19FN6S/c1-13-11-14(2)27(25-13)18-9-3-15(4-10-18)12-28-20-24-23-19(26(20)22)16-5-7-17(21)8-6-16/h3-11H,12,22H2,1-2H3. The highest BCUT2D eigenvalue weighted by Gasteiger charge is 2.12. The molecular formula is C20H19FN6S. The molecule has 0 aliphatic heterocycles. The van der Waals surface area contributed by atoms with E-state index in [0.29, 0.717) is 16.7 Å². The van der Waals surface area contributed by atoms with E-state index in [-0.39, 0.29) is 5.82 Å². The van der Waals surface area contributed by atoms with Crippen LogP contribution in [0.1, 0.15) is 17.0 Å². The molecule has 8 heteroatoms. The zero-order chi connectivity index (χ0) is 19.7. The molecule has 4 rings (SSSR count). The van der Waals surface area contributed by atoms with Crippen molar-refractivity contribution in [1.82, 2.24) is 24.7 Å². The van der Waals surface area contributed by atoms with Crippen LogP contribution in [0.25, 0.3) is 17.1 Å². The van der Waals surface area contributed by atoms with Gasteiger partial charge in [-0.15, -0.1) is 10.2 Å². The normalized spacial score (nSPS) is 11.1. The van der Waals surface area contributed by atoms with E-state index in [2.05, 4.69) is 33.5 Å². The quantitative estimate of drug-likeness (QED) is 0.411. The summed E-state index contributed by atoms with van der Waals surface area (Å²) in [6, 6.07) is 16.3. The summed E-state index contributed by atoms with van der Waals surface area (Å²) in [7, 11) is 0. The number of nitrogens with two attached hydrogens (primary N) is 1. The molecule has 2 aromatic heterocycles. The Morgan fingerprint density at radius 3 is 2.36 bits per heavy atom. The molecule has 4 aromatic rings. The molecule has 142 valence electrons. The Morgan fingerprint density at radius 1 is 1.00 bits per heavy atom. The van der Waals surface area contributed by atoms with E-state index in [1.54, 1.807) is 12.1 Å². The van der Waals surface area contributed by atoms with Crippen molar-refractivity contribution in [1.29, 1.82) is 0 Å². The summed E-state index contributed by atoms with van der Waals surface area (Å²) in [6.07, 6.45) is 0. The summed E-state index contributed by atoms with van der Waals surface area (Å²) in [4.78, 5) is 0. The number of aromatic nitrogens is 5. The monoisotopic (exact) mass is 394 g/mol. The Bertz CT molecular complexity index is 1100. The highest BCUT2D eigenvalue weighted by atomic mass is 32.2. The molecule has 0 aliphatic rings. The minimum absolute atomic E-state index is 0.301. The zero-order valence-electron chi connectivity index (χ0n) is 15.5. The van der Waals surface area contributed by atoms with E-state index in [9.17, 15) is 4.39 Å². The second kappa shape index (κ2) is 7.47. The average Bonchev–Trinajstić information content (AvgIpc) is 3.22. The van der Waals surface area contributed by atoms with Crippen molar-refractivity contribution in [2.24, 2.45) is 0 Å². The van der Waals surface area contributed by atoms with Crippen LogP contribution in [0.5, 0.6) is 0 Å². The average molecular weight is 394 g/mol. The van der Waals surface area contributed by atoms with Crippen LogP contribution in [0, 0.1) is 19.7 Å². The van der Waals surface area contributed by atoms with Crippen LogP contribution in [0.2, 0.25) is 0 Å². The molecule has 0 atom stereocenters. The first-order valence-corrected chi connectivity index (χ1v) is 9.71. The molecule has 0 unspecified atom stereocenters. The fraction of sp³-hybridized carbons (Fsp3) is 0.150. The molecule has 0 bridgehead atoms. The minimum Gasteiger partial charge on any atom is -0.335 e. The molecule has 2 aromatic carbocycles. The molecule has 0 aliphatic carbocycles. The summed E-state index contributed by atoms with van der Waals surface area (Å²) in [5.41, 5.74) is 4.99. The lowest BCUT2D eigenvalue weighted by atomic mass is 10.2. The van der Waals surface area contributed by atoms with Gasteiger partial charge in [-0.3, -0.25) is 0 Å². The molecule has 2 N–H and O–H groups in total. The van der Waals surface area contributed by atoms with E-state index in [0.717, 1.165) is 28.2 Å². The van der Waals surface area contributed by atoms with E-state index >= 15 is 0 Å². The lowest BCUT2D eigenvalue weighted by molar-refractivity contribution is 0.628. The van der Waals surface area contributed by atoms with E-state index in [1.807, 2.05) is 30.7 Å². The van der Waals surface area contributed by atoms with Crippen molar-refractivity contribution < 1.29 is 4.39 Å². The van der Waals surface area contributed by atoms with Crippen molar-refractivity contribution in [2.45, 2.75) is 24.8 Å². The Hall–Kier alpha value is -3.13. The number of thioether (sulfide) groups is 1. The number of nitrogen functional groups attached to an aromatic ring is 1. The van der Waals surface area contributed by atoms with Crippen molar-refractivity contribution >= 4 is 11.8 Å². The number of nitrogens with zero attached hydrogens (tertiary/aromatic N) is 5. The first kappa shape index (κ1) is 18.2. The largest absolute Gasteiger partial charge is 0.335 e. The molecule has 0 fully saturated rings. The fourth-order valence-corrected chi connectivity index (χ4v) is 3.76. The molecule has 0 spiro atoms. The maximum absolute atomic E-state index is 13.1. The Morgan fingerprint density at radius 2 is 1.71 bits per heavy atom. The van der Waals surface area contributed by atoms with Gasteiger partial charge in [0.15, 0.2) is 5.82 Å². The third kappa shape index (κ3) is 3.63. The van der Waals surface area contributed by atoms with Crippen molar-refractivity contribution in [3.63, 3.8) is 0 Å². The number of aryl methyl sites for hydroxylation is 2. The fourth-order valence-electron chi connectivity index (χ4n) is 2.94. The van der Waals surface area contributed by atoms with E-state index < -0.39 is 0 Å². The van der Waals surface area contributed by atoms with Gasteiger partial charge in [0, 0.05) is 17.0 Å². The summed E-state index contributed by atoms with van der Waals surface area (Å²) in [5, 5.41) is 13.4. The van der Waals surface area contributed by atoms with Gasteiger partial charge in [0.25, 0.3) is 0 Å². The molecule has 0 amide bonds. The zero-order valence-corrected chi connectivity index (χ0v) is 16.3. The second-order valence-electron chi connectivity index (χ2n) is 6.48. The Labute approximate surface area is 166 Å². The second-order valence-corrected chi connectivity index (χ2v) is 7.42. The predicted octanol–water partition coefficient (Wildman–Crippen LogP) is 3.89. The molecule has 0 radical (unpaired) electrons. The van der Waals surface area contributed by atoms with Crippen molar-refractivity contribution in [2.75, 3.05) is 5.84 Å². The molecule has 2 heterocycles. The Balaban J connectivity index is 1.46. The maximum atomic E-state index is 13.1. The summed E-state index contributed by atoms with van der Waals surface area (Å²) in [5.74, 6) is 7.03. The van der Waals surface area contributed by atoms with Gasteiger partial charge in [0.05, 0.1) is 11.4 Å². The van der Waals surface area contributed by atoms with Gasteiger partial charge in [-0.05, 0) is 61.9 Å². The van der Waals surface area contributed by atoms with Crippen LogP contribution < -0.4 is 5.84 Å². The number of rotatable bonds is 5. The summed E-state index contributed by atoms with van der Waals surface area (Å²) in [6.45, 7) is 4.02. The topological polar surface area (TPSA) is 74.5 Å². The molecular weight excluding hydrogens is 375 g/mol. The number of halogens is 1. The van der Waals surface area contributed by atoms with Gasteiger partial charge in [-0.2, -0.15) is 5.10 Å². The van der Waals surface area contributed by atoms with Gasteiger partial charge in [0.2, 0.25) is 5.16 Å². The Kier molecular flexibility index (Phi) is 4.87. The van der Waals surface area contributed by atoms with E-state index in [1.165, 1.54) is 28.6 Å². The van der Waals surface area contributed by atoms with Crippen LogP contribution in [-0.2, 0) is 5.75 Å². The van der Waals surface area contributed by atoms with Crippen LogP contribution in [0.15, 0.2) is 59.8 Å². The molecule has 0 saturated heterocycles. The van der Waals surface area contributed by atoms with Crippen LogP contribution >= 0.6 is 11.8 Å².